The van der Waals surface area contributed by atoms with E-state index in [1.54, 1.807) is 6.07 Å². The molecule has 9 heteroatoms. The number of likely N-dealkylation sites (tertiary alicyclic amines) is 1. The molecule has 2 aromatic carbocycles. The Morgan fingerprint density at radius 1 is 0.976 bits per heavy atom. The highest BCUT2D eigenvalue weighted by Gasteiger charge is 2.60. The Kier molecular flexibility index (Phi) is 6.80. The highest BCUT2D eigenvalue weighted by Crippen LogP contribution is 2.59. The molecule has 226 valence electrons. The number of carboxylic acids is 1. The molecule has 5 aliphatic rings. The fraction of sp³-hybridized carbons (Fsp3) is 0.576. The zero-order valence-electron chi connectivity index (χ0n) is 23.9. The lowest BCUT2D eigenvalue weighted by Crippen LogP contribution is -2.56. The van der Waals surface area contributed by atoms with Crippen LogP contribution in [-0.4, -0.2) is 40.6 Å². The summed E-state index contributed by atoms with van der Waals surface area (Å²) in [6.45, 7) is 3.01. The highest BCUT2D eigenvalue weighted by molar-refractivity contribution is 6.31. The van der Waals surface area contributed by atoms with Crippen molar-refractivity contribution in [1.82, 2.24) is 4.90 Å². The molecule has 1 saturated heterocycles. The number of amides is 1. The van der Waals surface area contributed by atoms with E-state index in [4.69, 9.17) is 11.6 Å². The van der Waals surface area contributed by atoms with Gasteiger partial charge in [-0.3, -0.25) is 9.59 Å². The van der Waals surface area contributed by atoms with Crippen molar-refractivity contribution in [2.75, 3.05) is 6.54 Å². The lowest BCUT2D eigenvalue weighted by atomic mass is 9.53. The number of benzene rings is 2. The Morgan fingerprint density at radius 2 is 1.62 bits per heavy atom. The molecule has 1 heterocycles. The molecule has 4 nitrogen and oxygen atoms in total. The molecule has 42 heavy (non-hydrogen) atoms. The van der Waals surface area contributed by atoms with Gasteiger partial charge in [0.1, 0.15) is 0 Å². The first-order valence-corrected chi connectivity index (χ1v) is 15.2. The van der Waals surface area contributed by atoms with Crippen molar-refractivity contribution >= 4 is 23.5 Å². The van der Waals surface area contributed by atoms with Gasteiger partial charge in [0, 0.05) is 28.4 Å². The summed E-state index contributed by atoms with van der Waals surface area (Å²) in [5, 5.41) is 10.5. The molecule has 2 bridgehead atoms. The number of carboxylic acid groups (broad SMARTS) is 1. The fourth-order valence-corrected chi connectivity index (χ4v) is 8.70. The van der Waals surface area contributed by atoms with E-state index in [1.165, 1.54) is 12.1 Å². The predicted octanol–water partition coefficient (Wildman–Crippen LogP) is 7.85. The molecule has 1 aliphatic heterocycles. The third-order valence-corrected chi connectivity index (χ3v) is 11.8. The second-order valence-corrected chi connectivity index (χ2v) is 13.9. The van der Waals surface area contributed by atoms with Gasteiger partial charge in [-0.1, -0.05) is 41.9 Å². The van der Waals surface area contributed by atoms with Crippen molar-refractivity contribution in [3.05, 3.63) is 69.2 Å². The van der Waals surface area contributed by atoms with Crippen LogP contribution in [0.1, 0.15) is 86.1 Å². The van der Waals surface area contributed by atoms with Gasteiger partial charge in [-0.25, -0.2) is 4.39 Å². The van der Waals surface area contributed by atoms with Gasteiger partial charge < -0.3 is 10.0 Å². The number of halogens is 5. The first kappa shape index (κ1) is 29.5. The van der Waals surface area contributed by atoms with Crippen molar-refractivity contribution in [2.45, 2.75) is 101 Å². The van der Waals surface area contributed by atoms with Crippen LogP contribution in [0.15, 0.2) is 36.4 Å². The van der Waals surface area contributed by atoms with Crippen LogP contribution < -0.4 is 0 Å². The lowest BCUT2D eigenvalue weighted by Gasteiger charge is -2.52. The second kappa shape index (κ2) is 9.70. The SMILES string of the molecule is Cc1cc(CC23CCN(C(=O)C45CCC(C(=O)O)(CC4)CC5)C2CCc2cc(C(C)(F)C(F)(F)F)ccc23)ccc1Cl. The van der Waals surface area contributed by atoms with Crippen molar-refractivity contribution in [3.8, 4) is 0 Å². The van der Waals surface area contributed by atoms with E-state index in [0.717, 1.165) is 16.7 Å². The first-order valence-electron chi connectivity index (χ1n) is 14.8. The maximum atomic E-state index is 15.0. The quantitative estimate of drug-likeness (QED) is 0.353. The van der Waals surface area contributed by atoms with E-state index in [1.807, 2.05) is 30.0 Å². The molecule has 0 aromatic heterocycles. The molecule has 1 N–H and O–H groups in total. The Bertz CT molecular complexity index is 1430. The van der Waals surface area contributed by atoms with E-state index >= 15 is 4.39 Å². The average molecular weight is 606 g/mol. The van der Waals surface area contributed by atoms with Crippen LogP contribution in [0.25, 0.3) is 0 Å². The Balaban J connectivity index is 1.38. The van der Waals surface area contributed by atoms with Gasteiger partial charge in [-0.05, 0) is 112 Å². The maximum absolute atomic E-state index is 15.0. The summed E-state index contributed by atoms with van der Waals surface area (Å²) in [6.07, 6.45) is 0.418. The van der Waals surface area contributed by atoms with Crippen LogP contribution >= 0.6 is 11.6 Å². The predicted molar refractivity (Wildman–Crippen MR) is 151 cm³/mol. The molecule has 4 aliphatic carbocycles. The van der Waals surface area contributed by atoms with Crippen LogP contribution in [0.3, 0.4) is 0 Å². The molecule has 0 radical (unpaired) electrons. The number of alkyl halides is 4. The number of carbonyl (C=O) groups is 2. The number of aryl methyl sites for hydroxylation is 2. The molecule has 1 amide bonds. The largest absolute Gasteiger partial charge is 0.481 e. The van der Waals surface area contributed by atoms with Gasteiger partial charge in [0.05, 0.1) is 5.41 Å². The van der Waals surface area contributed by atoms with Crippen LogP contribution in [0.2, 0.25) is 5.02 Å². The number of nitrogens with zero attached hydrogens (tertiary/aromatic N) is 1. The Morgan fingerprint density at radius 3 is 2.21 bits per heavy atom. The fourth-order valence-electron chi connectivity index (χ4n) is 8.58. The van der Waals surface area contributed by atoms with Crippen molar-refractivity contribution in [2.24, 2.45) is 10.8 Å². The zero-order chi connectivity index (χ0) is 30.3. The molecule has 7 rings (SSSR count). The summed E-state index contributed by atoms with van der Waals surface area (Å²) in [6, 6.07) is 9.97. The summed E-state index contributed by atoms with van der Waals surface area (Å²) >= 11 is 6.31. The minimum atomic E-state index is -5.04. The van der Waals surface area contributed by atoms with E-state index in [9.17, 15) is 27.9 Å². The third-order valence-electron chi connectivity index (χ3n) is 11.4. The summed E-state index contributed by atoms with van der Waals surface area (Å²) in [7, 11) is 0. The molecule has 3 saturated carbocycles. The Labute approximate surface area is 248 Å². The second-order valence-electron chi connectivity index (χ2n) is 13.5. The summed E-state index contributed by atoms with van der Waals surface area (Å²) in [5.41, 5.74) is -2.15. The summed E-state index contributed by atoms with van der Waals surface area (Å²) in [4.78, 5) is 28.4. The number of rotatable bonds is 5. The lowest BCUT2D eigenvalue weighted by molar-refractivity contribution is -0.228. The zero-order valence-corrected chi connectivity index (χ0v) is 24.7. The van der Waals surface area contributed by atoms with Gasteiger partial charge in [0.15, 0.2) is 0 Å². The van der Waals surface area contributed by atoms with Crippen molar-refractivity contribution in [3.63, 3.8) is 0 Å². The Hall–Kier alpha value is -2.61. The topological polar surface area (TPSA) is 57.6 Å². The number of carbonyl (C=O) groups excluding carboxylic acids is 1. The minimum absolute atomic E-state index is 0.0915. The number of hydrogen-bond acceptors (Lipinski definition) is 2. The smallest absolute Gasteiger partial charge is 0.426 e. The van der Waals surface area contributed by atoms with Gasteiger partial charge in [-0.2, -0.15) is 13.2 Å². The molecule has 4 fully saturated rings. The molecular formula is C33H36ClF4NO3. The van der Waals surface area contributed by atoms with E-state index in [2.05, 4.69) is 0 Å². The third kappa shape index (κ3) is 4.29. The number of fused-ring (bicyclic) bond motifs is 6. The van der Waals surface area contributed by atoms with Gasteiger partial charge >= 0.3 is 12.1 Å². The molecular weight excluding hydrogens is 570 g/mol. The molecule has 3 atom stereocenters. The molecule has 2 aromatic rings. The van der Waals surface area contributed by atoms with Crippen LogP contribution in [-0.2, 0) is 33.5 Å². The van der Waals surface area contributed by atoms with Gasteiger partial charge in [-0.15, -0.1) is 0 Å². The highest BCUT2D eigenvalue weighted by atomic mass is 35.5. The number of aliphatic carboxylic acids is 1. The standard InChI is InChI=1S/C33H36ClF4NO3/c1-20-17-21(3-7-25(20)34)19-32-15-16-39(27(40)30-9-12-31(13-10-30,14-11-30)28(41)42)26(32)8-4-22-18-23(5-6-24(22)32)29(2,35)33(36,37)38/h3,5-7,17-18,26H,4,8-16,19H2,1-2H3,(H,41,42). The monoisotopic (exact) mass is 605 g/mol. The van der Waals surface area contributed by atoms with E-state index in [-0.39, 0.29) is 11.9 Å². The normalized spacial score (nSPS) is 31.8. The minimum Gasteiger partial charge on any atom is -0.481 e. The van der Waals surface area contributed by atoms with E-state index in [0.29, 0.717) is 88.3 Å². The van der Waals surface area contributed by atoms with Gasteiger partial charge in [0.2, 0.25) is 11.6 Å². The van der Waals surface area contributed by atoms with Crippen molar-refractivity contribution in [1.29, 1.82) is 0 Å². The van der Waals surface area contributed by atoms with Crippen LogP contribution in [0, 0.1) is 17.8 Å². The van der Waals surface area contributed by atoms with Crippen molar-refractivity contribution < 1.29 is 32.3 Å². The molecule has 0 spiro atoms. The van der Waals surface area contributed by atoms with E-state index < -0.39 is 39.6 Å². The summed E-state index contributed by atoms with van der Waals surface area (Å²) < 4.78 is 55.8. The average Bonchev–Trinajstić information content (AvgIpc) is 3.33. The maximum Gasteiger partial charge on any atom is 0.426 e. The van der Waals surface area contributed by atoms with Gasteiger partial charge in [0.25, 0.3) is 0 Å². The summed E-state index contributed by atoms with van der Waals surface area (Å²) in [5.74, 6) is -0.673. The number of hydrogen-bond donors (Lipinski definition) is 1. The van der Waals surface area contributed by atoms with Crippen LogP contribution in [0.5, 0.6) is 0 Å². The van der Waals surface area contributed by atoms with Crippen LogP contribution in [0.4, 0.5) is 17.6 Å². The molecule has 3 unspecified atom stereocenters. The first-order chi connectivity index (χ1) is 19.6.